The maximum atomic E-state index is 14.6. The number of carbonyl (C=O) groups is 2. The smallest absolute Gasteiger partial charge is 0.257 e. The normalized spacial score (nSPS) is 15.8. The van der Waals surface area contributed by atoms with Crippen LogP contribution in [-0.4, -0.2) is 26.7 Å². The average Bonchev–Trinajstić information content (AvgIpc) is 3.15. The number of fused-ring (bicyclic) bond motifs is 1. The summed E-state index contributed by atoms with van der Waals surface area (Å²) >= 11 is 6.14. The molecule has 32 heavy (non-hydrogen) atoms. The first-order valence-electron chi connectivity index (χ1n) is 10.2. The lowest BCUT2D eigenvalue weighted by Crippen LogP contribution is -2.43. The standard InChI is InChI=1S/C24H22ClFN4O2/c1-13-5-6-17(14(2)29-13)24(32)30(22(23(27)31)15-4-3-9-28-12-15)21-8-7-18-19(21)10-16(25)11-20(18)26/h3-6,9-12,21-22H,7-8H2,1-2H3,(H2,27,31)/t21-,22-/m1/s1. The molecule has 0 saturated heterocycles. The number of carbonyl (C=O) groups excluding carboxylic acids is 2. The van der Waals surface area contributed by atoms with E-state index in [-0.39, 0.29) is 5.02 Å². The van der Waals surface area contributed by atoms with E-state index in [9.17, 15) is 14.0 Å². The summed E-state index contributed by atoms with van der Waals surface area (Å²) in [7, 11) is 0. The molecule has 2 aromatic heterocycles. The Hall–Kier alpha value is -3.32. The molecule has 0 bridgehead atoms. The van der Waals surface area contributed by atoms with E-state index in [0.29, 0.717) is 40.8 Å². The molecule has 0 saturated carbocycles. The monoisotopic (exact) mass is 452 g/mol. The summed E-state index contributed by atoms with van der Waals surface area (Å²) < 4.78 is 14.6. The second-order valence-electron chi connectivity index (χ2n) is 7.90. The zero-order chi connectivity index (χ0) is 23.0. The first-order valence-corrected chi connectivity index (χ1v) is 10.6. The van der Waals surface area contributed by atoms with Crippen LogP contribution in [0.25, 0.3) is 0 Å². The van der Waals surface area contributed by atoms with Gasteiger partial charge in [-0.05, 0) is 68.1 Å². The van der Waals surface area contributed by atoms with Crippen LogP contribution in [0, 0.1) is 19.7 Å². The second-order valence-corrected chi connectivity index (χ2v) is 8.34. The zero-order valence-corrected chi connectivity index (χ0v) is 18.4. The highest BCUT2D eigenvalue weighted by molar-refractivity contribution is 6.30. The van der Waals surface area contributed by atoms with E-state index >= 15 is 0 Å². The number of aromatic nitrogens is 2. The van der Waals surface area contributed by atoms with Gasteiger partial charge in [-0.2, -0.15) is 0 Å². The van der Waals surface area contributed by atoms with E-state index in [4.69, 9.17) is 17.3 Å². The second kappa shape index (κ2) is 8.67. The lowest BCUT2D eigenvalue weighted by atomic mass is 9.98. The number of benzene rings is 1. The topological polar surface area (TPSA) is 89.2 Å². The van der Waals surface area contributed by atoms with E-state index in [1.54, 1.807) is 43.5 Å². The number of primary amides is 1. The van der Waals surface area contributed by atoms with Crippen molar-refractivity contribution in [1.82, 2.24) is 14.9 Å². The summed E-state index contributed by atoms with van der Waals surface area (Å²) in [4.78, 5) is 36.5. The van der Waals surface area contributed by atoms with E-state index < -0.39 is 29.7 Å². The minimum atomic E-state index is -1.10. The number of nitrogens with zero attached hydrogens (tertiary/aromatic N) is 3. The minimum Gasteiger partial charge on any atom is -0.368 e. The molecule has 8 heteroatoms. The van der Waals surface area contributed by atoms with Crippen LogP contribution in [0.5, 0.6) is 0 Å². The highest BCUT2D eigenvalue weighted by atomic mass is 35.5. The fraction of sp³-hybridized carbons (Fsp3) is 0.250. The summed E-state index contributed by atoms with van der Waals surface area (Å²) in [6.07, 6.45) is 3.92. The van der Waals surface area contributed by atoms with Gasteiger partial charge >= 0.3 is 0 Å². The van der Waals surface area contributed by atoms with Gasteiger partial charge in [-0.15, -0.1) is 0 Å². The van der Waals surface area contributed by atoms with Gasteiger partial charge in [0.1, 0.15) is 11.9 Å². The van der Waals surface area contributed by atoms with Crippen LogP contribution in [0.2, 0.25) is 5.02 Å². The molecule has 0 fully saturated rings. The Bertz CT molecular complexity index is 1200. The van der Waals surface area contributed by atoms with Gasteiger partial charge in [0, 0.05) is 28.7 Å². The quantitative estimate of drug-likeness (QED) is 0.627. The van der Waals surface area contributed by atoms with E-state index in [0.717, 1.165) is 5.69 Å². The van der Waals surface area contributed by atoms with Gasteiger partial charge < -0.3 is 10.6 Å². The van der Waals surface area contributed by atoms with Gasteiger partial charge in [0.05, 0.1) is 17.3 Å². The third-order valence-electron chi connectivity index (χ3n) is 5.80. The molecule has 3 aromatic rings. The summed E-state index contributed by atoms with van der Waals surface area (Å²) in [6, 6.07) is 8.00. The molecule has 0 spiro atoms. The predicted octanol–water partition coefficient (Wildman–Crippen LogP) is 4.24. The number of amides is 2. The van der Waals surface area contributed by atoms with Crippen molar-refractivity contribution in [3.8, 4) is 0 Å². The number of hydrogen-bond acceptors (Lipinski definition) is 4. The first kappa shape index (κ1) is 21.9. The van der Waals surface area contributed by atoms with Gasteiger partial charge in [-0.3, -0.25) is 19.6 Å². The van der Waals surface area contributed by atoms with Crippen molar-refractivity contribution in [1.29, 1.82) is 0 Å². The van der Waals surface area contributed by atoms with Gasteiger partial charge in [0.2, 0.25) is 5.91 Å². The van der Waals surface area contributed by atoms with Gasteiger partial charge in [-0.25, -0.2) is 4.39 Å². The molecule has 2 heterocycles. The number of aryl methyl sites for hydroxylation is 2. The molecule has 164 valence electrons. The molecule has 1 aliphatic carbocycles. The van der Waals surface area contributed by atoms with Crippen molar-refractivity contribution in [2.45, 2.75) is 38.8 Å². The number of nitrogens with two attached hydrogens (primary N) is 1. The number of pyridine rings is 2. The molecule has 2 amide bonds. The molecule has 0 radical (unpaired) electrons. The van der Waals surface area contributed by atoms with Crippen molar-refractivity contribution in [2.75, 3.05) is 0 Å². The maximum Gasteiger partial charge on any atom is 0.257 e. The Balaban J connectivity index is 1.90. The molecule has 6 nitrogen and oxygen atoms in total. The molecule has 2 atom stereocenters. The Kier molecular flexibility index (Phi) is 5.93. The fourth-order valence-electron chi connectivity index (χ4n) is 4.40. The van der Waals surface area contributed by atoms with Crippen molar-refractivity contribution in [3.63, 3.8) is 0 Å². The molecule has 0 aliphatic heterocycles. The molecule has 2 N–H and O–H groups in total. The summed E-state index contributed by atoms with van der Waals surface area (Å²) in [6.45, 7) is 3.57. The lowest BCUT2D eigenvalue weighted by molar-refractivity contribution is -0.123. The summed E-state index contributed by atoms with van der Waals surface area (Å²) in [5, 5.41) is 0.228. The molecule has 4 rings (SSSR count). The fourth-order valence-corrected chi connectivity index (χ4v) is 4.61. The van der Waals surface area contributed by atoms with Gasteiger partial charge in [0.15, 0.2) is 0 Å². The van der Waals surface area contributed by atoms with Crippen molar-refractivity contribution in [3.05, 3.63) is 93.3 Å². The molecular formula is C24H22ClFN4O2. The predicted molar refractivity (Wildman–Crippen MR) is 119 cm³/mol. The number of halogens is 2. The van der Waals surface area contributed by atoms with Crippen molar-refractivity contribution in [2.24, 2.45) is 5.73 Å². The Morgan fingerprint density at radius 2 is 2.03 bits per heavy atom. The highest BCUT2D eigenvalue weighted by Crippen LogP contribution is 2.43. The van der Waals surface area contributed by atoms with Crippen LogP contribution in [0.4, 0.5) is 4.39 Å². The van der Waals surface area contributed by atoms with E-state index in [1.165, 1.54) is 17.2 Å². The Morgan fingerprint density at radius 1 is 1.25 bits per heavy atom. The number of hydrogen-bond donors (Lipinski definition) is 1. The minimum absolute atomic E-state index is 0.228. The van der Waals surface area contributed by atoms with Crippen molar-refractivity contribution < 1.29 is 14.0 Å². The molecular weight excluding hydrogens is 431 g/mol. The van der Waals surface area contributed by atoms with Gasteiger partial charge in [-0.1, -0.05) is 17.7 Å². The summed E-state index contributed by atoms with van der Waals surface area (Å²) in [5.74, 6) is -1.55. The Morgan fingerprint density at radius 3 is 2.69 bits per heavy atom. The SMILES string of the molecule is Cc1ccc(C(=O)N([C@@H]2CCc3c(F)cc(Cl)cc32)[C@@H](C(N)=O)c2cccnc2)c(C)n1. The lowest BCUT2D eigenvalue weighted by Gasteiger charge is -2.36. The van der Waals surface area contributed by atoms with Crippen LogP contribution in [0.1, 0.15) is 56.9 Å². The molecule has 0 unspecified atom stereocenters. The largest absolute Gasteiger partial charge is 0.368 e. The number of rotatable bonds is 5. The zero-order valence-electron chi connectivity index (χ0n) is 17.7. The molecule has 1 aliphatic rings. The van der Waals surface area contributed by atoms with Crippen LogP contribution in [0.15, 0.2) is 48.8 Å². The molecule has 1 aromatic carbocycles. The first-order chi connectivity index (χ1) is 15.3. The summed E-state index contributed by atoms with van der Waals surface area (Å²) in [5.41, 5.74) is 9.01. The van der Waals surface area contributed by atoms with Crippen LogP contribution in [0.3, 0.4) is 0 Å². The average molecular weight is 453 g/mol. The van der Waals surface area contributed by atoms with E-state index in [2.05, 4.69) is 9.97 Å². The maximum absolute atomic E-state index is 14.6. The van der Waals surface area contributed by atoms with Gasteiger partial charge in [0.25, 0.3) is 5.91 Å². The van der Waals surface area contributed by atoms with Crippen LogP contribution >= 0.6 is 11.6 Å². The third-order valence-corrected chi connectivity index (χ3v) is 6.01. The third kappa shape index (κ3) is 3.96. The highest BCUT2D eigenvalue weighted by Gasteiger charge is 2.40. The van der Waals surface area contributed by atoms with Crippen molar-refractivity contribution >= 4 is 23.4 Å². The van der Waals surface area contributed by atoms with E-state index in [1.807, 2.05) is 6.92 Å². The van der Waals surface area contributed by atoms with Crippen LogP contribution < -0.4 is 5.73 Å². The van der Waals surface area contributed by atoms with Crippen LogP contribution in [-0.2, 0) is 11.2 Å². The Labute approximate surface area is 190 Å².